The fraction of sp³-hybridized carbons (Fsp3) is 0.286. The number of aliphatic hydroxyl groups excluding tert-OH is 1. The second-order valence-corrected chi connectivity index (χ2v) is 4.88. The van der Waals surface area contributed by atoms with Crippen LogP contribution in [0.5, 0.6) is 0 Å². The second-order valence-electron chi connectivity index (χ2n) is 4.47. The Labute approximate surface area is 116 Å². The molecule has 0 aliphatic carbocycles. The number of nitrogens with two attached hydrogens (primary N) is 1. The smallest absolute Gasteiger partial charge is 0.158 e. The van der Waals surface area contributed by atoms with Gasteiger partial charge in [0.25, 0.3) is 0 Å². The Bertz CT molecular complexity index is 554. The van der Waals surface area contributed by atoms with Crippen LogP contribution in [-0.4, -0.2) is 17.8 Å². The quantitative estimate of drug-likeness (QED) is 0.884. The minimum absolute atomic E-state index is 0.0797. The average molecular weight is 285 g/mol. The van der Waals surface area contributed by atoms with Crippen LogP contribution in [0, 0.1) is 5.82 Å². The van der Waals surface area contributed by atoms with Crippen molar-refractivity contribution >= 4 is 11.6 Å². The number of hydrogen-bond acceptors (Lipinski definition) is 2. The molecule has 2 rings (SSSR count). The van der Waals surface area contributed by atoms with Crippen molar-refractivity contribution in [1.29, 1.82) is 0 Å². The predicted octanol–water partition coefficient (Wildman–Crippen LogP) is 2.18. The fourth-order valence-electron chi connectivity index (χ4n) is 1.76. The lowest BCUT2D eigenvalue weighted by Crippen LogP contribution is -2.84. The standard InChI is InChI=1S/C14H15ClFNO2/c1-9(18)7-17-8-11-3-5-14(19-11)10-2-4-13(16)12(15)6-10/h2-6,9,17-18H,7-8H2,1H3/p+1/t9-/m0/s1. The first-order valence-electron chi connectivity index (χ1n) is 6.10. The van der Waals surface area contributed by atoms with E-state index < -0.39 is 5.82 Å². The van der Waals surface area contributed by atoms with E-state index in [9.17, 15) is 4.39 Å². The van der Waals surface area contributed by atoms with Crippen molar-refractivity contribution in [2.24, 2.45) is 0 Å². The van der Waals surface area contributed by atoms with E-state index in [1.807, 2.05) is 17.4 Å². The van der Waals surface area contributed by atoms with Gasteiger partial charge in [0.15, 0.2) is 5.76 Å². The van der Waals surface area contributed by atoms with Gasteiger partial charge in [0.2, 0.25) is 0 Å². The largest absolute Gasteiger partial charge is 0.455 e. The maximum Gasteiger partial charge on any atom is 0.158 e. The molecule has 0 amide bonds. The van der Waals surface area contributed by atoms with E-state index in [1.54, 1.807) is 19.1 Å². The molecule has 3 N–H and O–H groups in total. The maximum atomic E-state index is 13.1. The van der Waals surface area contributed by atoms with E-state index in [0.29, 0.717) is 18.8 Å². The highest BCUT2D eigenvalue weighted by molar-refractivity contribution is 6.31. The zero-order valence-electron chi connectivity index (χ0n) is 10.6. The molecule has 0 saturated carbocycles. The summed E-state index contributed by atoms with van der Waals surface area (Å²) in [5, 5.41) is 11.2. The third kappa shape index (κ3) is 3.80. The van der Waals surface area contributed by atoms with Crippen LogP contribution in [0.25, 0.3) is 11.3 Å². The lowest BCUT2D eigenvalue weighted by molar-refractivity contribution is -0.677. The van der Waals surface area contributed by atoms with Gasteiger partial charge >= 0.3 is 0 Å². The first-order chi connectivity index (χ1) is 9.06. The average Bonchev–Trinajstić information content (AvgIpc) is 2.81. The number of benzene rings is 1. The van der Waals surface area contributed by atoms with Crippen molar-refractivity contribution < 1.29 is 19.2 Å². The highest BCUT2D eigenvalue weighted by Crippen LogP contribution is 2.26. The van der Waals surface area contributed by atoms with E-state index in [1.165, 1.54) is 6.07 Å². The Kier molecular flexibility index (Phi) is 4.58. The Balaban J connectivity index is 2.05. The molecule has 1 heterocycles. The van der Waals surface area contributed by atoms with Crippen LogP contribution in [0.4, 0.5) is 4.39 Å². The summed E-state index contributed by atoms with van der Waals surface area (Å²) in [5.74, 6) is 1.01. The molecule has 0 fully saturated rings. The van der Waals surface area contributed by atoms with Gasteiger partial charge < -0.3 is 14.8 Å². The molecule has 0 bridgehead atoms. The molecule has 1 aromatic carbocycles. The lowest BCUT2D eigenvalue weighted by atomic mass is 10.2. The van der Waals surface area contributed by atoms with Crippen molar-refractivity contribution in [2.45, 2.75) is 19.6 Å². The van der Waals surface area contributed by atoms with Gasteiger partial charge in [-0.1, -0.05) is 11.6 Å². The highest BCUT2D eigenvalue weighted by atomic mass is 35.5. The molecule has 19 heavy (non-hydrogen) atoms. The van der Waals surface area contributed by atoms with Crippen LogP contribution in [0.3, 0.4) is 0 Å². The molecule has 5 heteroatoms. The summed E-state index contributed by atoms with van der Waals surface area (Å²) < 4.78 is 18.7. The first kappa shape index (κ1) is 14.1. The summed E-state index contributed by atoms with van der Waals surface area (Å²) in [6, 6.07) is 8.18. The summed E-state index contributed by atoms with van der Waals surface area (Å²) in [6.45, 7) is 3.02. The summed E-state index contributed by atoms with van der Waals surface area (Å²) >= 11 is 5.74. The SMILES string of the molecule is C[C@H](O)C[NH2+]Cc1ccc(-c2ccc(F)c(Cl)c2)o1. The lowest BCUT2D eigenvalue weighted by Gasteiger charge is -2.02. The van der Waals surface area contributed by atoms with Crippen LogP contribution in [0.15, 0.2) is 34.7 Å². The minimum atomic E-state index is -0.442. The Morgan fingerprint density at radius 1 is 1.37 bits per heavy atom. The number of quaternary nitrogens is 1. The van der Waals surface area contributed by atoms with Crippen LogP contribution >= 0.6 is 11.6 Å². The van der Waals surface area contributed by atoms with Gasteiger partial charge in [-0.3, -0.25) is 0 Å². The molecule has 2 aromatic rings. The molecule has 1 aromatic heterocycles. The molecular weight excluding hydrogens is 269 g/mol. The van der Waals surface area contributed by atoms with Gasteiger partial charge in [0.05, 0.1) is 11.1 Å². The van der Waals surface area contributed by atoms with Gasteiger partial charge in [-0.2, -0.15) is 0 Å². The normalized spacial score (nSPS) is 12.6. The number of furan rings is 1. The molecule has 0 saturated heterocycles. The van der Waals surface area contributed by atoms with Gasteiger partial charge in [0.1, 0.15) is 24.7 Å². The Hall–Kier alpha value is -1.36. The van der Waals surface area contributed by atoms with Gasteiger partial charge in [-0.25, -0.2) is 4.39 Å². The van der Waals surface area contributed by atoms with Gasteiger partial charge in [0, 0.05) is 5.56 Å². The molecule has 0 unspecified atom stereocenters. The van der Waals surface area contributed by atoms with Crippen molar-refractivity contribution in [1.82, 2.24) is 0 Å². The molecule has 0 radical (unpaired) electrons. The van der Waals surface area contributed by atoms with E-state index in [2.05, 4.69) is 0 Å². The predicted molar refractivity (Wildman–Crippen MR) is 71.3 cm³/mol. The molecular formula is C14H16ClFNO2+. The molecule has 0 spiro atoms. The zero-order valence-corrected chi connectivity index (χ0v) is 11.3. The van der Waals surface area contributed by atoms with Crippen molar-refractivity contribution in [3.8, 4) is 11.3 Å². The van der Waals surface area contributed by atoms with E-state index in [4.69, 9.17) is 21.1 Å². The fourth-order valence-corrected chi connectivity index (χ4v) is 1.94. The Morgan fingerprint density at radius 3 is 2.84 bits per heavy atom. The van der Waals surface area contributed by atoms with Crippen molar-refractivity contribution in [3.63, 3.8) is 0 Å². The third-order valence-electron chi connectivity index (χ3n) is 2.72. The van der Waals surface area contributed by atoms with E-state index >= 15 is 0 Å². The number of halogens is 2. The molecule has 102 valence electrons. The molecule has 0 aliphatic rings. The van der Waals surface area contributed by atoms with Crippen LogP contribution in [0.1, 0.15) is 12.7 Å². The summed E-state index contributed by atoms with van der Waals surface area (Å²) in [5.41, 5.74) is 0.744. The van der Waals surface area contributed by atoms with Crippen LogP contribution < -0.4 is 5.32 Å². The number of aliphatic hydroxyl groups is 1. The summed E-state index contributed by atoms with van der Waals surface area (Å²) in [4.78, 5) is 0. The Morgan fingerprint density at radius 2 is 2.16 bits per heavy atom. The first-order valence-corrected chi connectivity index (χ1v) is 6.48. The van der Waals surface area contributed by atoms with Crippen molar-refractivity contribution in [3.05, 3.63) is 46.9 Å². The van der Waals surface area contributed by atoms with Crippen LogP contribution in [-0.2, 0) is 6.54 Å². The highest BCUT2D eigenvalue weighted by Gasteiger charge is 2.09. The topological polar surface area (TPSA) is 50.0 Å². The maximum absolute atomic E-state index is 13.1. The van der Waals surface area contributed by atoms with Crippen LogP contribution in [0.2, 0.25) is 5.02 Å². The summed E-state index contributed by atoms with van der Waals surface area (Å²) in [7, 11) is 0. The third-order valence-corrected chi connectivity index (χ3v) is 3.01. The molecule has 0 aliphatic heterocycles. The van der Waals surface area contributed by atoms with E-state index in [-0.39, 0.29) is 11.1 Å². The minimum Gasteiger partial charge on any atom is -0.455 e. The van der Waals surface area contributed by atoms with Gasteiger partial charge in [-0.05, 0) is 37.3 Å². The zero-order chi connectivity index (χ0) is 13.8. The second kappa shape index (κ2) is 6.19. The monoisotopic (exact) mass is 284 g/mol. The van der Waals surface area contributed by atoms with Crippen molar-refractivity contribution in [2.75, 3.05) is 6.54 Å². The van der Waals surface area contributed by atoms with Gasteiger partial charge in [-0.15, -0.1) is 0 Å². The molecule has 3 nitrogen and oxygen atoms in total. The van der Waals surface area contributed by atoms with E-state index in [0.717, 1.165) is 11.3 Å². The number of rotatable bonds is 5. The molecule has 1 atom stereocenters. The number of hydrogen-bond donors (Lipinski definition) is 2. The summed E-state index contributed by atoms with van der Waals surface area (Å²) in [6.07, 6.45) is -0.342.